The summed E-state index contributed by atoms with van der Waals surface area (Å²) in [5.41, 5.74) is 0. The molecule has 1 rings (SSSR count). The van der Waals surface area contributed by atoms with Gasteiger partial charge in [-0.2, -0.15) is 0 Å². The first-order valence-corrected chi connectivity index (χ1v) is 7.19. The standard InChI is InChI=1S/C10H17NO4S/c1-7-6-11(5-4-9(7)12)10(13)8(2)16(3,14)15/h7-8H,4-6H2,1-3H3. The molecule has 0 radical (unpaired) electrons. The molecule has 92 valence electrons. The van der Waals surface area contributed by atoms with Crippen LogP contribution in [0.2, 0.25) is 0 Å². The molecule has 2 atom stereocenters. The Labute approximate surface area is 95.7 Å². The molecule has 0 N–H and O–H groups in total. The summed E-state index contributed by atoms with van der Waals surface area (Å²) >= 11 is 0. The van der Waals surface area contributed by atoms with Crippen molar-refractivity contribution in [2.75, 3.05) is 19.3 Å². The number of hydrogen-bond donors (Lipinski definition) is 0. The number of hydrogen-bond acceptors (Lipinski definition) is 4. The van der Waals surface area contributed by atoms with Crippen LogP contribution in [-0.4, -0.2) is 49.6 Å². The Kier molecular flexibility index (Phi) is 3.72. The molecule has 16 heavy (non-hydrogen) atoms. The van der Waals surface area contributed by atoms with E-state index in [0.29, 0.717) is 19.5 Å². The van der Waals surface area contributed by atoms with Crippen molar-refractivity contribution in [3.63, 3.8) is 0 Å². The molecule has 0 aromatic carbocycles. The predicted molar refractivity (Wildman–Crippen MR) is 59.7 cm³/mol. The number of sulfone groups is 1. The molecule has 0 aliphatic carbocycles. The van der Waals surface area contributed by atoms with Gasteiger partial charge in [0.2, 0.25) is 5.91 Å². The second-order valence-corrected chi connectivity index (χ2v) is 6.74. The van der Waals surface area contributed by atoms with E-state index in [2.05, 4.69) is 0 Å². The van der Waals surface area contributed by atoms with Crippen molar-refractivity contribution in [1.29, 1.82) is 0 Å². The lowest BCUT2D eigenvalue weighted by atomic mass is 9.98. The minimum atomic E-state index is -3.36. The highest BCUT2D eigenvalue weighted by atomic mass is 32.2. The van der Waals surface area contributed by atoms with Crippen molar-refractivity contribution < 1.29 is 18.0 Å². The van der Waals surface area contributed by atoms with Crippen molar-refractivity contribution in [3.05, 3.63) is 0 Å². The number of amides is 1. The second-order valence-electron chi connectivity index (χ2n) is 4.37. The number of ketones is 1. The highest BCUT2D eigenvalue weighted by molar-refractivity contribution is 7.92. The van der Waals surface area contributed by atoms with Crippen molar-refractivity contribution in [3.8, 4) is 0 Å². The van der Waals surface area contributed by atoms with Gasteiger partial charge < -0.3 is 4.90 Å². The van der Waals surface area contributed by atoms with Crippen molar-refractivity contribution in [2.45, 2.75) is 25.5 Å². The van der Waals surface area contributed by atoms with Gasteiger partial charge in [-0.05, 0) is 6.92 Å². The Hall–Kier alpha value is -0.910. The maximum Gasteiger partial charge on any atom is 0.240 e. The number of nitrogens with zero attached hydrogens (tertiary/aromatic N) is 1. The number of piperidine rings is 1. The molecule has 2 unspecified atom stereocenters. The zero-order chi connectivity index (χ0) is 12.5. The normalized spacial score (nSPS) is 24.3. The van der Waals surface area contributed by atoms with Gasteiger partial charge in [-0.25, -0.2) is 8.42 Å². The predicted octanol–water partition coefficient (Wildman–Crippen LogP) is -0.143. The Morgan fingerprint density at radius 2 is 2.06 bits per heavy atom. The summed E-state index contributed by atoms with van der Waals surface area (Å²) in [6, 6.07) is 0. The first kappa shape index (κ1) is 13.2. The van der Waals surface area contributed by atoms with Crippen LogP contribution in [0.3, 0.4) is 0 Å². The monoisotopic (exact) mass is 247 g/mol. The van der Waals surface area contributed by atoms with E-state index in [0.717, 1.165) is 6.26 Å². The lowest BCUT2D eigenvalue weighted by molar-refractivity contribution is -0.136. The molecule has 1 aliphatic rings. The fraction of sp³-hybridized carbons (Fsp3) is 0.800. The van der Waals surface area contributed by atoms with Crippen LogP contribution in [0, 0.1) is 5.92 Å². The van der Waals surface area contributed by atoms with Crippen molar-refractivity contribution in [1.82, 2.24) is 4.90 Å². The average molecular weight is 247 g/mol. The first-order valence-electron chi connectivity index (χ1n) is 5.24. The molecule has 1 heterocycles. The Bertz CT molecular complexity index is 401. The van der Waals surface area contributed by atoms with Gasteiger partial charge in [0.15, 0.2) is 9.84 Å². The van der Waals surface area contributed by atoms with Gasteiger partial charge >= 0.3 is 0 Å². The van der Waals surface area contributed by atoms with Gasteiger partial charge in [-0.1, -0.05) is 6.92 Å². The highest BCUT2D eigenvalue weighted by Gasteiger charge is 2.32. The number of carbonyl (C=O) groups excluding carboxylic acids is 2. The quantitative estimate of drug-likeness (QED) is 0.680. The van der Waals surface area contributed by atoms with Crippen molar-refractivity contribution >= 4 is 21.5 Å². The molecule has 1 aliphatic heterocycles. The smallest absolute Gasteiger partial charge is 0.240 e. The largest absolute Gasteiger partial charge is 0.340 e. The number of carbonyl (C=O) groups is 2. The van der Waals surface area contributed by atoms with E-state index in [4.69, 9.17) is 0 Å². The third kappa shape index (κ3) is 2.81. The summed E-state index contributed by atoms with van der Waals surface area (Å²) in [7, 11) is -3.36. The molecule has 0 saturated carbocycles. The topological polar surface area (TPSA) is 71.5 Å². The fourth-order valence-corrected chi connectivity index (χ4v) is 2.17. The van der Waals surface area contributed by atoms with Crippen LogP contribution in [0.1, 0.15) is 20.3 Å². The summed E-state index contributed by atoms with van der Waals surface area (Å²) in [6.45, 7) is 3.81. The van der Waals surface area contributed by atoms with Gasteiger partial charge in [0, 0.05) is 31.7 Å². The van der Waals surface area contributed by atoms with Crippen LogP contribution >= 0.6 is 0 Å². The van der Waals surface area contributed by atoms with Crippen LogP contribution in [0.4, 0.5) is 0 Å². The summed E-state index contributed by atoms with van der Waals surface area (Å²) in [4.78, 5) is 24.6. The van der Waals surface area contributed by atoms with Gasteiger partial charge in [0.25, 0.3) is 0 Å². The SMILES string of the molecule is CC1CN(C(=O)C(C)S(C)(=O)=O)CCC1=O. The summed E-state index contributed by atoms with van der Waals surface area (Å²) in [6.07, 6.45) is 1.37. The van der Waals surface area contributed by atoms with Crippen LogP contribution in [-0.2, 0) is 19.4 Å². The Morgan fingerprint density at radius 1 is 1.50 bits per heavy atom. The molecule has 0 aromatic heterocycles. The van der Waals surface area contributed by atoms with Gasteiger partial charge in [-0.15, -0.1) is 0 Å². The number of likely N-dealkylation sites (tertiary alicyclic amines) is 1. The van der Waals surface area contributed by atoms with Crippen LogP contribution in [0.25, 0.3) is 0 Å². The van der Waals surface area contributed by atoms with Gasteiger partial charge in [0.05, 0.1) is 0 Å². The molecule has 1 fully saturated rings. The minimum Gasteiger partial charge on any atom is -0.340 e. The van der Waals surface area contributed by atoms with E-state index in [-0.39, 0.29) is 11.7 Å². The Balaban J connectivity index is 2.73. The van der Waals surface area contributed by atoms with E-state index >= 15 is 0 Å². The molecule has 0 spiro atoms. The molecular formula is C10H17NO4S. The van der Waals surface area contributed by atoms with Crippen LogP contribution in [0.15, 0.2) is 0 Å². The molecule has 1 saturated heterocycles. The summed E-state index contributed by atoms with van der Waals surface area (Å²) in [5.74, 6) is -0.456. The van der Waals surface area contributed by atoms with E-state index in [1.807, 2.05) is 0 Å². The lowest BCUT2D eigenvalue weighted by Gasteiger charge is -2.31. The zero-order valence-electron chi connectivity index (χ0n) is 9.76. The number of rotatable bonds is 2. The molecule has 5 nitrogen and oxygen atoms in total. The van der Waals surface area contributed by atoms with Gasteiger partial charge in [-0.3, -0.25) is 9.59 Å². The first-order chi connectivity index (χ1) is 7.23. The molecule has 6 heteroatoms. The molecular weight excluding hydrogens is 230 g/mol. The third-order valence-corrected chi connectivity index (χ3v) is 4.46. The van der Waals surface area contributed by atoms with Gasteiger partial charge in [0.1, 0.15) is 11.0 Å². The maximum absolute atomic E-state index is 11.8. The third-order valence-electron chi connectivity index (χ3n) is 2.97. The van der Waals surface area contributed by atoms with E-state index < -0.39 is 21.0 Å². The maximum atomic E-state index is 11.8. The highest BCUT2D eigenvalue weighted by Crippen LogP contribution is 2.15. The lowest BCUT2D eigenvalue weighted by Crippen LogP contribution is -2.48. The number of Topliss-reactive ketones (excluding diaryl/α,β-unsaturated/α-hetero) is 1. The average Bonchev–Trinajstić information content (AvgIpc) is 2.18. The van der Waals surface area contributed by atoms with E-state index in [1.165, 1.54) is 11.8 Å². The van der Waals surface area contributed by atoms with Crippen LogP contribution in [0.5, 0.6) is 0 Å². The molecule has 0 aromatic rings. The fourth-order valence-electron chi connectivity index (χ4n) is 1.66. The van der Waals surface area contributed by atoms with E-state index in [1.54, 1.807) is 6.92 Å². The van der Waals surface area contributed by atoms with Crippen molar-refractivity contribution in [2.24, 2.45) is 5.92 Å². The minimum absolute atomic E-state index is 0.135. The Morgan fingerprint density at radius 3 is 2.50 bits per heavy atom. The molecule has 0 bridgehead atoms. The zero-order valence-corrected chi connectivity index (χ0v) is 10.6. The molecule has 1 amide bonds. The van der Waals surface area contributed by atoms with Crippen LogP contribution < -0.4 is 0 Å². The van der Waals surface area contributed by atoms with E-state index in [9.17, 15) is 18.0 Å². The summed E-state index contributed by atoms with van der Waals surface area (Å²) in [5, 5.41) is -1.02. The second kappa shape index (κ2) is 4.53. The summed E-state index contributed by atoms with van der Waals surface area (Å²) < 4.78 is 22.5.